The van der Waals surface area contributed by atoms with Gasteiger partial charge in [0.2, 0.25) is 5.88 Å². The Morgan fingerprint density at radius 1 is 0.950 bits per heavy atom. The molecule has 0 radical (unpaired) electrons. The molecule has 0 amide bonds. The second kappa shape index (κ2) is 12.5. The molecule has 6 rings (SSSR count). The highest BCUT2D eigenvalue weighted by atomic mass is 32.2. The molecule has 212 valence electrons. The summed E-state index contributed by atoms with van der Waals surface area (Å²) < 4.78 is 22.9. The summed E-state index contributed by atoms with van der Waals surface area (Å²) in [7, 11) is 0. The van der Waals surface area contributed by atoms with Crippen molar-refractivity contribution < 1.29 is 9.29 Å². The molecule has 1 saturated heterocycles. The summed E-state index contributed by atoms with van der Waals surface area (Å²) in [6.07, 6.45) is 10.3. The van der Waals surface area contributed by atoms with Gasteiger partial charge in [-0.05, 0) is 93.2 Å². The Balaban J connectivity index is 1.31. The standard InChI is InChI=1S/C33H42N4O2S/c1-23-8-6-9-24(2)32(23)30-19-31-35-33(34-30)36-40(38)29-13-7-12-25(18-29)14-15-27-16-17-37(21-28(27)22-39-31)20-26-10-4-3-5-11-26/h6-9,12-13,18-19,26-28H,3-5,10-11,14-17,20-22H2,1-2H3,(H,34,35,36)/t27?,28-,40?/m1/s1. The van der Waals surface area contributed by atoms with Crippen LogP contribution < -0.4 is 9.46 Å². The number of rotatable bonds is 3. The Hall–Kier alpha value is -2.61. The highest BCUT2D eigenvalue weighted by Crippen LogP contribution is 2.34. The van der Waals surface area contributed by atoms with E-state index < -0.39 is 11.4 Å². The molecule has 1 aromatic heterocycles. The number of nitrogens with zero attached hydrogens (tertiary/aromatic N) is 3. The van der Waals surface area contributed by atoms with Gasteiger partial charge < -0.3 is 14.2 Å². The fourth-order valence-corrected chi connectivity index (χ4v) is 7.85. The van der Waals surface area contributed by atoms with Crippen LogP contribution in [0.1, 0.15) is 61.6 Å². The number of nitrogens with one attached hydrogen (secondary N) is 1. The van der Waals surface area contributed by atoms with E-state index >= 15 is 0 Å². The van der Waals surface area contributed by atoms with Crippen molar-refractivity contribution in [2.75, 3.05) is 31.0 Å². The molecule has 2 fully saturated rings. The number of hydrogen-bond acceptors (Lipinski definition) is 6. The third-order valence-electron chi connectivity index (χ3n) is 9.20. The molecule has 1 N–H and O–H groups in total. The second-order valence-corrected chi connectivity index (χ2v) is 13.3. The number of piperidine rings is 1. The summed E-state index contributed by atoms with van der Waals surface area (Å²) in [5, 5.41) is 0. The molecule has 0 spiro atoms. The molecule has 4 bridgehead atoms. The van der Waals surface area contributed by atoms with Crippen LogP contribution in [-0.4, -0.2) is 45.7 Å². The quantitative estimate of drug-likeness (QED) is 0.359. The molecule has 1 saturated carbocycles. The topological polar surface area (TPSA) is 73.3 Å². The van der Waals surface area contributed by atoms with Crippen molar-refractivity contribution in [2.45, 2.75) is 70.1 Å². The van der Waals surface area contributed by atoms with Gasteiger partial charge in [-0.1, -0.05) is 49.6 Å². The number of aromatic nitrogens is 2. The maximum Gasteiger partial charge on any atom is 0.269 e. The third-order valence-corrected chi connectivity index (χ3v) is 10.3. The van der Waals surface area contributed by atoms with Gasteiger partial charge in [0, 0.05) is 30.6 Å². The summed E-state index contributed by atoms with van der Waals surface area (Å²) in [6, 6.07) is 16.4. The molecule has 2 aliphatic heterocycles. The van der Waals surface area contributed by atoms with Crippen LogP contribution in [0.5, 0.6) is 5.88 Å². The molecule has 7 heteroatoms. The van der Waals surface area contributed by atoms with E-state index in [1.807, 2.05) is 18.2 Å². The van der Waals surface area contributed by atoms with Gasteiger partial charge in [0.1, 0.15) is 11.4 Å². The van der Waals surface area contributed by atoms with Gasteiger partial charge in [-0.25, -0.2) is 4.98 Å². The van der Waals surface area contributed by atoms with Crippen molar-refractivity contribution in [3.63, 3.8) is 0 Å². The molecule has 3 atom stereocenters. The predicted molar refractivity (Wildman–Crippen MR) is 162 cm³/mol. The minimum Gasteiger partial charge on any atom is -0.588 e. The lowest BCUT2D eigenvalue weighted by Gasteiger charge is -2.40. The first kappa shape index (κ1) is 27.6. The van der Waals surface area contributed by atoms with Crippen molar-refractivity contribution in [3.8, 4) is 17.1 Å². The van der Waals surface area contributed by atoms with Gasteiger partial charge in [0.25, 0.3) is 5.95 Å². The smallest absolute Gasteiger partial charge is 0.269 e. The van der Waals surface area contributed by atoms with E-state index in [4.69, 9.17) is 14.7 Å². The van der Waals surface area contributed by atoms with E-state index in [1.165, 1.54) is 57.2 Å². The number of hydrogen-bond donors (Lipinski definition) is 1. The average Bonchev–Trinajstić information content (AvgIpc) is 2.96. The third kappa shape index (κ3) is 6.48. The summed E-state index contributed by atoms with van der Waals surface area (Å²) in [5.74, 6) is 2.77. The van der Waals surface area contributed by atoms with Crippen molar-refractivity contribution in [3.05, 3.63) is 65.2 Å². The van der Waals surface area contributed by atoms with Crippen LogP contribution in [0.15, 0.2) is 53.4 Å². The molecule has 3 aliphatic rings. The zero-order valence-corrected chi connectivity index (χ0v) is 24.7. The van der Waals surface area contributed by atoms with E-state index in [-0.39, 0.29) is 0 Å². The fraction of sp³-hybridized carbons (Fsp3) is 0.515. The SMILES string of the molecule is Cc1cccc(C)c1-c1cc2nc(n1)N[S+]([O-])c1cccc(c1)CCC1CCN(CC3CCCCC3)C[C@@H]1CO2. The van der Waals surface area contributed by atoms with Gasteiger partial charge in [-0.2, -0.15) is 9.71 Å². The molecule has 6 nitrogen and oxygen atoms in total. The number of ether oxygens (including phenoxy) is 1. The minimum atomic E-state index is -1.47. The van der Waals surface area contributed by atoms with Crippen LogP contribution in [0.25, 0.3) is 11.3 Å². The Bertz CT molecular complexity index is 1290. The first-order valence-corrected chi connectivity index (χ1v) is 16.2. The largest absolute Gasteiger partial charge is 0.588 e. The van der Waals surface area contributed by atoms with E-state index in [0.717, 1.165) is 52.6 Å². The van der Waals surface area contributed by atoms with Gasteiger partial charge in [0.05, 0.1) is 12.3 Å². The van der Waals surface area contributed by atoms with Gasteiger partial charge >= 0.3 is 0 Å². The molecular formula is C33H42N4O2S. The van der Waals surface area contributed by atoms with E-state index in [0.29, 0.717) is 30.3 Å². The Morgan fingerprint density at radius 3 is 2.58 bits per heavy atom. The molecule has 1 aliphatic carbocycles. The summed E-state index contributed by atoms with van der Waals surface area (Å²) >= 11 is -1.47. The van der Waals surface area contributed by atoms with Crippen molar-refractivity contribution in [1.82, 2.24) is 14.9 Å². The molecule has 3 heterocycles. The first-order valence-electron chi connectivity index (χ1n) is 15.1. The highest BCUT2D eigenvalue weighted by molar-refractivity contribution is 7.92. The van der Waals surface area contributed by atoms with E-state index in [9.17, 15) is 4.55 Å². The summed E-state index contributed by atoms with van der Waals surface area (Å²) in [6.45, 7) is 8.33. The van der Waals surface area contributed by atoms with Gasteiger partial charge in [0.15, 0.2) is 4.90 Å². The second-order valence-electron chi connectivity index (χ2n) is 12.1. The Labute approximate surface area is 242 Å². The first-order chi connectivity index (χ1) is 19.5. The highest BCUT2D eigenvalue weighted by Gasteiger charge is 2.31. The normalized spacial score (nSPS) is 24.3. The number of fused-ring (bicyclic) bond motifs is 5. The van der Waals surface area contributed by atoms with E-state index in [1.54, 1.807) is 0 Å². The monoisotopic (exact) mass is 558 g/mol. The van der Waals surface area contributed by atoms with E-state index in [2.05, 4.69) is 53.8 Å². The molecule has 2 unspecified atom stereocenters. The zero-order valence-electron chi connectivity index (χ0n) is 23.9. The lowest BCUT2D eigenvalue weighted by Crippen LogP contribution is -2.45. The van der Waals surface area contributed by atoms with Gasteiger partial charge in [-0.3, -0.25) is 0 Å². The number of aryl methyl sites for hydroxylation is 3. The maximum absolute atomic E-state index is 13.3. The number of likely N-dealkylation sites (tertiary alicyclic amines) is 1. The Morgan fingerprint density at radius 2 is 1.75 bits per heavy atom. The fourth-order valence-electron chi connectivity index (χ4n) is 7.02. The number of benzene rings is 2. The minimum absolute atomic E-state index is 0.329. The average molecular weight is 559 g/mol. The van der Waals surface area contributed by atoms with Crippen LogP contribution in [-0.2, 0) is 17.8 Å². The van der Waals surface area contributed by atoms with Crippen LogP contribution in [0.3, 0.4) is 0 Å². The summed E-state index contributed by atoms with van der Waals surface area (Å²) in [4.78, 5) is 13.0. The lowest BCUT2D eigenvalue weighted by atomic mass is 9.81. The molecule has 2 aromatic carbocycles. The van der Waals surface area contributed by atoms with Crippen LogP contribution >= 0.6 is 0 Å². The number of anilines is 1. The molecular weight excluding hydrogens is 516 g/mol. The van der Waals surface area contributed by atoms with Crippen LogP contribution in [0, 0.1) is 31.6 Å². The maximum atomic E-state index is 13.3. The zero-order chi connectivity index (χ0) is 27.5. The predicted octanol–water partition coefficient (Wildman–Crippen LogP) is 6.74. The summed E-state index contributed by atoms with van der Waals surface area (Å²) in [5.41, 5.74) is 5.38. The molecule has 40 heavy (non-hydrogen) atoms. The van der Waals surface area contributed by atoms with Crippen molar-refractivity contribution in [2.24, 2.45) is 17.8 Å². The Kier molecular flexibility index (Phi) is 8.61. The van der Waals surface area contributed by atoms with Crippen molar-refractivity contribution >= 4 is 17.3 Å². The van der Waals surface area contributed by atoms with Crippen LogP contribution in [0.4, 0.5) is 5.95 Å². The van der Waals surface area contributed by atoms with Crippen LogP contribution in [0.2, 0.25) is 0 Å². The molecule has 3 aromatic rings. The lowest BCUT2D eigenvalue weighted by molar-refractivity contribution is 0.0613. The van der Waals surface area contributed by atoms with Crippen molar-refractivity contribution in [1.29, 1.82) is 0 Å². The van der Waals surface area contributed by atoms with Gasteiger partial charge in [-0.15, -0.1) is 0 Å².